The van der Waals surface area contributed by atoms with E-state index in [2.05, 4.69) is 4.98 Å². The predicted molar refractivity (Wildman–Crippen MR) is 54.7 cm³/mol. The zero-order valence-electron chi connectivity index (χ0n) is 8.53. The molecule has 0 amide bonds. The molecule has 0 aromatic carbocycles. The molecule has 0 radical (unpaired) electrons. The van der Waals surface area contributed by atoms with Gasteiger partial charge in [-0.3, -0.25) is 9.20 Å². The van der Waals surface area contributed by atoms with E-state index in [9.17, 15) is 4.79 Å². The third kappa shape index (κ3) is 1.13. The Labute approximate surface area is 82.4 Å². The van der Waals surface area contributed by atoms with Crippen molar-refractivity contribution in [2.45, 2.75) is 20.8 Å². The quantitative estimate of drug-likeness (QED) is 0.642. The van der Waals surface area contributed by atoms with Crippen LogP contribution >= 0.6 is 0 Å². The van der Waals surface area contributed by atoms with Gasteiger partial charge in [0.1, 0.15) is 0 Å². The molecule has 0 atom stereocenters. The summed E-state index contributed by atoms with van der Waals surface area (Å²) in [4.78, 5) is 15.6. The highest BCUT2D eigenvalue weighted by molar-refractivity contribution is 5.92. The number of hydrogen-bond acceptors (Lipinski definition) is 2. The van der Waals surface area contributed by atoms with E-state index in [-0.39, 0.29) is 5.78 Å². The lowest BCUT2D eigenvalue weighted by Crippen LogP contribution is -2.02. The highest BCUT2D eigenvalue weighted by atomic mass is 16.1. The second-order valence-electron chi connectivity index (χ2n) is 3.46. The smallest absolute Gasteiger partial charge is 0.195 e. The molecular weight excluding hydrogens is 176 g/mol. The van der Waals surface area contributed by atoms with Crippen molar-refractivity contribution in [3.63, 3.8) is 0 Å². The minimum absolute atomic E-state index is 0.00222. The molecule has 72 valence electrons. The van der Waals surface area contributed by atoms with Crippen LogP contribution in [0.15, 0.2) is 18.2 Å². The Morgan fingerprint density at radius 3 is 2.71 bits per heavy atom. The summed E-state index contributed by atoms with van der Waals surface area (Å²) >= 11 is 0. The van der Waals surface area contributed by atoms with Crippen molar-refractivity contribution in [3.05, 3.63) is 35.4 Å². The Morgan fingerprint density at radius 1 is 1.36 bits per heavy atom. The molecule has 14 heavy (non-hydrogen) atoms. The number of aromatic nitrogens is 2. The van der Waals surface area contributed by atoms with Crippen molar-refractivity contribution >= 4 is 11.3 Å². The van der Waals surface area contributed by atoms with Gasteiger partial charge in [0.05, 0.1) is 11.2 Å². The molecule has 0 fully saturated rings. The lowest BCUT2D eigenvalue weighted by atomic mass is 10.3. The number of imidazole rings is 1. The zero-order valence-corrected chi connectivity index (χ0v) is 8.53. The summed E-state index contributed by atoms with van der Waals surface area (Å²) in [5.41, 5.74) is 2.95. The van der Waals surface area contributed by atoms with E-state index >= 15 is 0 Å². The first-order valence-corrected chi connectivity index (χ1v) is 4.57. The molecule has 0 N–H and O–H groups in total. The first-order chi connectivity index (χ1) is 6.61. The Kier molecular flexibility index (Phi) is 1.88. The molecule has 0 aliphatic rings. The van der Waals surface area contributed by atoms with Crippen LogP contribution in [0.4, 0.5) is 0 Å². The van der Waals surface area contributed by atoms with Crippen molar-refractivity contribution in [3.8, 4) is 0 Å². The van der Waals surface area contributed by atoms with E-state index in [0.717, 1.165) is 16.9 Å². The third-order valence-corrected chi connectivity index (χ3v) is 2.36. The molecule has 0 unspecified atom stereocenters. The average molecular weight is 188 g/mol. The van der Waals surface area contributed by atoms with Gasteiger partial charge >= 0.3 is 0 Å². The Hall–Kier alpha value is -1.64. The molecule has 0 aliphatic heterocycles. The van der Waals surface area contributed by atoms with Gasteiger partial charge in [-0.05, 0) is 26.0 Å². The molecule has 0 saturated carbocycles. The van der Waals surface area contributed by atoms with Crippen LogP contribution < -0.4 is 0 Å². The number of rotatable bonds is 1. The molecule has 3 heteroatoms. The standard InChI is InChI=1S/C11H12N2O/c1-7-5-4-6-10-8(2)12-11(9(3)14)13(7)10/h4-6H,1-3H3. The lowest BCUT2D eigenvalue weighted by molar-refractivity contribution is 0.100. The predicted octanol–water partition coefficient (Wildman–Crippen LogP) is 2.15. The summed E-state index contributed by atoms with van der Waals surface area (Å²) < 4.78 is 1.90. The largest absolute Gasteiger partial charge is 0.294 e. The van der Waals surface area contributed by atoms with Gasteiger partial charge in [0.25, 0.3) is 0 Å². The number of carbonyl (C=O) groups is 1. The highest BCUT2D eigenvalue weighted by Gasteiger charge is 2.12. The minimum atomic E-state index is 0.00222. The van der Waals surface area contributed by atoms with Crippen molar-refractivity contribution in [2.75, 3.05) is 0 Å². The van der Waals surface area contributed by atoms with Crippen molar-refractivity contribution in [1.82, 2.24) is 9.38 Å². The van der Waals surface area contributed by atoms with Crippen molar-refractivity contribution in [2.24, 2.45) is 0 Å². The monoisotopic (exact) mass is 188 g/mol. The molecule has 3 nitrogen and oxygen atoms in total. The SMILES string of the molecule is CC(=O)c1nc(C)c2cccc(C)n12. The molecule has 0 bridgehead atoms. The molecule has 2 aromatic rings. The Bertz CT molecular complexity index is 511. The van der Waals surface area contributed by atoms with Crippen LogP contribution in [0.2, 0.25) is 0 Å². The fraction of sp³-hybridized carbons (Fsp3) is 0.273. The topological polar surface area (TPSA) is 34.4 Å². The van der Waals surface area contributed by atoms with Crippen LogP contribution in [0.25, 0.3) is 5.52 Å². The summed E-state index contributed by atoms with van der Waals surface area (Å²) in [5, 5.41) is 0. The molecule has 0 spiro atoms. The van der Waals surface area contributed by atoms with Crippen LogP contribution in [0, 0.1) is 13.8 Å². The van der Waals surface area contributed by atoms with E-state index in [4.69, 9.17) is 0 Å². The fourth-order valence-electron chi connectivity index (χ4n) is 1.68. The van der Waals surface area contributed by atoms with Crippen LogP contribution in [-0.2, 0) is 0 Å². The first-order valence-electron chi connectivity index (χ1n) is 4.57. The molecule has 0 saturated heterocycles. The second-order valence-corrected chi connectivity index (χ2v) is 3.46. The van der Waals surface area contributed by atoms with Crippen molar-refractivity contribution < 1.29 is 4.79 Å². The number of aryl methyl sites for hydroxylation is 2. The maximum absolute atomic E-state index is 11.3. The van der Waals surface area contributed by atoms with E-state index in [1.165, 1.54) is 0 Å². The van der Waals surface area contributed by atoms with E-state index in [1.54, 1.807) is 6.92 Å². The Morgan fingerprint density at radius 2 is 2.07 bits per heavy atom. The number of hydrogen-bond donors (Lipinski definition) is 0. The summed E-state index contributed by atoms with van der Waals surface area (Å²) in [6.07, 6.45) is 0. The van der Waals surface area contributed by atoms with E-state index < -0.39 is 0 Å². The summed E-state index contributed by atoms with van der Waals surface area (Å²) in [6, 6.07) is 5.92. The number of nitrogens with zero attached hydrogens (tertiary/aromatic N) is 2. The summed E-state index contributed by atoms with van der Waals surface area (Å²) in [5.74, 6) is 0.526. The van der Waals surface area contributed by atoms with Crippen LogP contribution in [-0.4, -0.2) is 15.2 Å². The number of carbonyl (C=O) groups excluding carboxylic acids is 1. The average Bonchev–Trinajstić information content (AvgIpc) is 2.46. The maximum Gasteiger partial charge on any atom is 0.195 e. The summed E-state index contributed by atoms with van der Waals surface area (Å²) in [6.45, 7) is 5.43. The van der Waals surface area contributed by atoms with E-state index in [0.29, 0.717) is 5.82 Å². The van der Waals surface area contributed by atoms with Crippen LogP contribution in [0.3, 0.4) is 0 Å². The molecular formula is C11H12N2O. The van der Waals surface area contributed by atoms with Gasteiger partial charge in [-0.15, -0.1) is 0 Å². The minimum Gasteiger partial charge on any atom is -0.294 e. The van der Waals surface area contributed by atoms with Crippen molar-refractivity contribution in [1.29, 1.82) is 0 Å². The van der Waals surface area contributed by atoms with Gasteiger partial charge in [0.2, 0.25) is 0 Å². The maximum atomic E-state index is 11.3. The van der Waals surface area contributed by atoms with Gasteiger partial charge < -0.3 is 0 Å². The van der Waals surface area contributed by atoms with Gasteiger partial charge in [0, 0.05) is 12.6 Å². The van der Waals surface area contributed by atoms with Crippen LogP contribution in [0.5, 0.6) is 0 Å². The zero-order chi connectivity index (χ0) is 10.3. The Balaban J connectivity index is 2.93. The molecule has 2 rings (SSSR count). The highest BCUT2D eigenvalue weighted by Crippen LogP contribution is 2.15. The normalized spacial score (nSPS) is 10.8. The van der Waals surface area contributed by atoms with Gasteiger partial charge in [0.15, 0.2) is 11.6 Å². The van der Waals surface area contributed by atoms with E-state index in [1.807, 2.05) is 36.4 Å². The number of Topliss-reactive ketones (excluding diaryl/α,β-unsaturated/α-hetero) is 1. The van der Waals surface area contributed by atoms with Gasteiger partial charge in [-0.2, -0.15) is 0 Å². The number of pyridine rings is 1. The van der Waals surface area contributed by atoms with Gasteiger partial charge in [-0.25, -0.2) is 4.98 Å². The lowest BCUT2D eigenvalue weighted by Gasteiger charge is -2.01. The molecule has 0 aliphatic carbocycles. The fourth-order valence-corrected chi connectivity index (χ4v) is 1.68. The number of fused-ring (bicyclic) bond motifs is 1. The third-order valence-electron chi connectivity index (χ3n) is 2.36. The van der Waals surface area contributed by atoms with Crippen LogP contribution in [0.1, 0.15) is 28.9 Å². The van der Waals surface area contributed by atoms with Gasteiger partial charge in [-0.1, -0.05) is 6.07 Å². The molecule has 2 aromatic heterocycles. The summed E-state index contributed by atoms with van der Waals surface area (Å²) in [7, 11) is 0. The first kappa shape index (κ1) is 8.94. The number of ketones is 1. The second kappa shape index (κ2) is 2.94. The molecule has 2 heterocycles.